The predicted molar refractivity (Wildman–Crippen MR) is 143 cm³/mol. The van der Waals surface area contributed by atoms with Crippen LogP contribution in [0.1, 0.15) is 46.5 Å². The van der Waals surface area contributed by atoms with Crippen molar-refractivity contribution in [3.63, 3.8) is 0 Å². The number of amides is 1. The van der Waals surface area contributed by atoms with Gasteiger partial charge in [0.1, 0.15) is 17.3 Å². The molecule has 1 aliphatic carbocycles. The SMILES string of the molecule is CC(C)(C)NC(=O)COc1cccc(-c2nc(Nc3cn[nH]c3)c3cc(OC4CCCC4)ccc3n2)c1. The van der Waals surface area contributed by atoms with Crippen LogP contribution in [0.2, 0.25) is 0 Å². The molecule has 0 unspecified atom stereocenters. The van der Waals surface area contributed by atoms with E-state index in [1.807, 2.05) is 63.2 Å². The quantitative estimate of drug-likeness (QED) is 0.298. The van der Waals surface area contributed by atoms with Crippen LogP contribution >= 0.6 is 0 Å². The number of nitrogens with zero attached hydrogens (tertiary/aromatic N) is 3. The fourth-order valence-electron chi connectivity index (χ4n) is 4.39. The van der Waals surface area contributed by atoms with Crippen LogP contribution in [0, 0.1) is 0 Å². The maximum atomic E-state index is 12.2. The minimum atomic E-state index is -0.318. The molecule has 9 nitrogen and oxygen atoms in total. The van der Waals surface area contributed by atoms with Gasteiger partial charge in [-0.3, -0.25) is 9.89 Å². The Morgan fingerprint density at radius 2 is 1.92 bits per heavy atom. The molecule has 1 saturated carbocycles. The van der Waals surface area contributed by atoms with Gasteiger partial charge in [0.15, 0.2) is 12.4 Å². The van der Waals surface area contributed by atoms with Crippen LogP contribution in [0.4, 0.5) is 11.5 Å². The van der Waals surface area contributed by atoms with Gasteiger partial charge in [0.05, 0.1) is 23.5 Å². The van der Waals surface area contributed by atoms with Gasteiger partial charge in [0, 0.05) is 22.7 Å². The lowest BCUT2D eigenvalue weighted by atomic mass is 10.1. The molecule has 4 aromatic rings. The second-order valence-electron chi connectivity index (χ2n) is 10.3. The molecule has 0 aliphatic heterocycles. The molecule has 5 rings (SSSR count). The molecular weight excluding hydrogens is 468 g/mol. The number of rotatable bonds is 8. The molecule has 37 heavy (non-hydrogen) atoms. The van der Waals surface area contributed by atoms with Gasteiger partial charge in [-0.25, -0.2) is 9.97 Å². The van der Waals surface area contributed by atoms with E-state index in [1.165, 1.54) is 12.8 Å². The predicted octanol–water partition coefficient (Wildman–Crippen LogP) is 5.38. The first kappa shape index (κ1) is 24.5. The molecule has 1 fully saturated rings. The Balaban J connectivity index is 1.44. The Morgan fingerprint density at radius 3 is 2.68 bits per heavy atom. The Bertz CT molecular complexity index is 1370. The molecule has 0 saturated heterocycles. The molecule has 2 aromatic carbocycles. The van der Waals surface area contributed by atoms with E-state index < -0.39 is 0 Å². The van der Waals surface area contributed by atoms with Crippen molar-refractivity contribution in [1.82, 2.24) is 25.5 Å². The summed E-state index contributed by atoms with van der Waals surface area (Å²) in [5.74, 6) is 2.38. The van der Waals surface area contributed by atoms with Crippen molar-refractivity contribution >= 4 is 28.3 Å². The molecule has 0 spiro atoms. The summed E-state index contributed by atoms with van der Waals surface area (Å²) in [6.45, 7) is 5.72. The van der Waals surface area contributed by atoms with Crippen molar-refractivity contribution in [1.29, 1.82) is 0 Å². The zero-order valence-electron chi connectivity index (χ0n) is 21.4. The summed E-state index contributed by atoms with van der Waals surface area (Å²) in [4.78, 5) is 21.9. The molecule has 0 radical (unpaired) electrons. The number of H-pyrrole nitrogens is 1. The minimum absolute atomic E-state index is 0.0730. The monoisotopic (exact) mass is 500 g/mol. The van der Waals surface area contributed by atoms with Crippen LogP contribution in [-0.4, -0.2) is 44.3 Å². The number of aromatic amines is 1. The fourth-order valence-corrected chi connectivity index (χ4v) is 4.39. The number of hydrogen-bond donors (Lipinski definition) is 3. The third-order valence-electron chi connectivity index (χ3n) is 6.01. The topological polar surface area (TPSA) is 114 Å². The number of carbonyl (C=O) groups is 1. The van der Waals surface area contributed by atoms with Gasteiger partial charge in [-0.15, -0.1) is 0 Å². The van der Waals surface area contributed by atoms with E-state index in [1.54, 1.807) is 12.4 Å². The highest BCUT2D eigenvalue weighted by atomic mass is 16.5. The van der Waals surface area contributed by atoms with Gasteiger partial charge in [0.2, 0.25) is 0 Å². The first-order valence-electron chi connectivity index (χ1n) is 12.6. The van der Waals surface area contributed by atoms with E-state index in [4.69, 9.17) is 19.4 Å². The molecule has 3 N–H and O–H groups in total. The van der Waals surface area contributed by atoms with E-state index in [0.29, 0.717) is 17.4 Å². The van der Waals surface area contributed by atoms with Gasteiger partial charge in [-0.05, 0) is 76.8 Å². The van der Waals surface area contributed by atoms with Crippen LogP contribution in [0.25, 0.3) is 22.3 Å². The van der Waals surface area contributed by atoms with Gasteiger partial charge >= 0.3 is 0 Å². The van der Waals surface area contributed by atoms with Crippen molar-refractivity contribution in [2.24, 2.45) is 0 Å². The molecule has 9 heteroatoms. The van der Waals surface area contributed by atoms with E-state index in [2.05, 4.69) is 20.8 Å². The average molecular weight is 501 g/mol. The largest absolute Gasteiger partial charge is 0.490 e. The zero-order chi connectivity index (χ0) is 25.8. The Kier molecular flexibility index (Phi) is 6.94. The van der Waals surface area contributed by atoms with E-state index in [-0.39, 0.29) is 24.2 Å². The smallest absolute Gasteiger partial charge is 0.258 e. The lowest BCUT2D eigenvalue weighted by Gasteiger charge is -2.20. The average Bonchev–Trinajstić information content (AvgIpc) is 3.57. The number of ether oxygens (including phenoxy) is 2. The van der Waals surface area contributed by atoms with Crippen molar-refractivity contribution in [3.05, 3.63) is 54.9 Å². The number of fused-ring (bicyclic) bond motifs is 1. The fraction of sp³-hybridized carbons (Fsp3) is 0.357. The van der Waals surface area contributed by atoms with Gasteiger partial charge in [-0.2, -0.15) is 5.10 Å². The van der Waals surface area contributed by atoms with Crippen LogP contribution in [0.15, 0.2) is 54.9 Å². The lowest BCUT2D eigenvalue weighted by molar-refractivity contribution is -0.124. The van der Waals surface area contributed by atoms with E-state index in [9.17, 15) is 4.79 Å². The molecule has 0 atom stereocenters. The standard InChI is InChI=1S/C28H32N6O3/c1-28(2,3)34-25(35)17-36-21-10-6-7-18(13-21)26-32-24-12-11-22(37-20-8-4-5-9-20)14-23(24)27(33-26)31-19-15-29-30-16-19/h6-7,10-16,20H,4-5,8-9,17H2,1-3H3,(H,29,30)(H,34,35)(H,31,32,33). The molecule has 1 aliphatic rings. The van der Waals surface area contributed by atoms with Gasteiger partial charge < -0.3 is 20.1 Å². The third-order valence-corrected chi connectivity index (χ3v) is 6.01. The van der Waals surface area contributed by atoms with Crippen molar-refractivity contribution in [3.8, 4) is 22.9 Å². The Labute approximate surface area is 216 Å². The summed E-state index contributed by atoms with van der Waals surface area (Å²) in [5, 5.41) is 13.9. The molecule has 2 aromatic heterocycles. The van der Waals surface area contributed by atoms with Crippen LogP contribution in [-0.2, 0) is 4.79 Å². The molecule has 1 amide bonds. The van der Waals surface area contributed by atoms with Crippen molar-refractivity contribution in [2.75, 3.05) is 11.9 Å². The molecule has 2 heterocycles. The van der Waals surface area contributed by atoms with E-state index in [0.717, 1.165) is 40.7 Å². The summed E-state index contributed by atoms with van der Waals surface area (Å²) >= 11 is 0. The second kappa shape index (κ2) is 10.5. The highest BCUT2D eigenvalue weighted by molar-refractivity contribution is 5.93. The highest BCUT2D eigenvalue weighted by Crippen LogP contribution is 2.32. The van der Waals surface area contributed by atoms with Crippen LogP contribution in [0.5, 0.6) is 11.5 Å². The summed E-state index contributed by atoms with van der Waals surface area (Å²) in [6.07, 6.45) is 8.32. The van der Waals surface area contributed by atoms with Crippen molar-refractivity contribution < 1.29 is 14.3 Å². The number of benzene rings is 2. The zero-order valence-corrected chi connectivity index (χ0v) is 21.4. The number of carbonyl (C=O) groups excluding carboxylic acids is 1. The van der Waals surface area contributed by atoms with Crippen molar-refractivity contribution in [2.45, 2.75) is 58.1 Å². The van der Waals surface area contributed by atoms with Crippen LogP contribution < -0.4 is 20.1 Å². The van der Waals surface area contributed by atoms with Crippen LogP contribution in [0.3, 0.4) is 0 Å². The number of anilines is 2. The highest BCUT2D eigenvalue weighted by Gasteiger charge is 2.18. The first-order valence-corrected chi connectivity index (χ1v) is 12.6. The molecule has 192 valence electrons. The first-order chi connectivity index (χ1) is 17.8. The maximum Gasteiger partial charge on any atom is 0.258 e. The second-order valence-corrected chi connectivity index (χ2v) is 10.3. The number of hydrogen-bond acceptors (Lipinski definition) is 7. The minimum Gasteiger partial charge on any atom is -0.490 e. The summed E-state index contributed by atoms with van der Waals surface area (Å²) in [7, 11) is 0. The summed E-state index contributed by atoms with van der Waals surface area (Å²) in [6, 6.07) is 13.4. The lowest BCUT2D eigenvalue weighted by Crippen LogP contribution is -2.43. The molecule has 0 bridgehead atoms. The molecular formula is C28H32N6O3. The van der Waals surface area contributed by atoms with Gasteiger partial charge in [0.25, 0.3) is 5.91 Å². The Hall–Kier alpha value is -4.14. The summed E-state index contributed by atoms with van der Waals surface area (Å²) in [5.41, 5.74) is 2.03. The maximum absolute atomic E-state index is 12.2. The normalized spacial score (nSPS) is 14.0. The number of aromatic nitrogens is 4. The number of nitrogens with one attached hydrogen (secondary N) is 3. The summed E-state index contributed by atoms with van der Waals surface area (Å²) < 4.78 is 12.0. The van der Waals surface area contributed by atoms with E-state index >= 15 is 0 Å². The third kappa shape index (κ3) is 6.35. The van der Waals surface area contributed by atoms with Gasteiger partial charge in [-0.1, -0.05) is 12.1 Å². The Morgan fingerprint density at radius 1 is 1.08 bits per heavy atom.